The first kappa shape index (κ1) is 30.1. The number of nitrogens with zero attached hydrogens (tertiary/aromatic N) is 1. The van der Waals surface area contributed by atoms with E-state index in [2.05, 4.69) is 5.32 Å². The van der Waals surface area contributed by atoms with Gasteiger partial charge in [0.2, 0.25) is 0 Å². The van der Waals surface area contributed by atoms with Crippen LogP contribution in [-0.4, -0.2) is 57.3 Å². The van der Waals surface area contributed by atoms with E-state index in [0.29, 0.717) is 39.8 Å². The van der Waals surface area contributed by atoms with Crippen molar-refractivity contribution in [3.05, 3.63) is 104 Å². The second-order valence-corrected chi connectivity index (χ2v) is 10.7. The number of ether oxygens (including phenoxy) is 3. The van der Waals surface area contributed by atoms with Crippen molar-refractivity contribution < 1.29 is 19.0 Å². The number of morpholine rings is 2. The highest BCUT2D eigenvalue weighted by Gasteiger charge is 2.31. The lowest BCUT2D eigenvalue weighted by molar-refractivity contribution is -0.150. The van der Waals surface area contributed by atoms with Gasteiger partial charge in [0.1, 0.15) is 6.10 Å². The van der Waals surface area contributed by atoms with Gasteiger partial charge in [-0.1, -0.05) is 88.9 Å². The van der Waals surface area contributed by atoms with Gasteiger partial charge in [-0.15, -0.1) is 0 Å². The Morgan fingerprint density at radius 2 is 1.49 bits per heavy atom. The Balaban J connectivity index is 0.000000212. The molecular formula is C29H30Cl4N2O4. The first-order valence-electron chi connectivity index (χ1n) is 12.6. The SMILES string of the molecule is CO[C@@H](C(=O)N1CCOC(c2ccc(Cl)c(Cl)c2)C1)c1ccccc1.Clc1ccc(C2CNCCO2)cc1Cl. The van der Waals surface area contributed by atoms with Crippen LogP contribution in [0, 0.1) is 0 Å². The van der Waals surface area contributed by atoms with Crippen molar-refractivity contribution in [2.75, 3.05) is 46.5 Å². The third kappa shape index (κ3) is 8.09. The summed E-state index contributed by atoms with van der Waals surface area (Å²) in [5.41, 5.74) is 2.82. The van der Waals surface area contributed by atoms with E-state index in [9.17, 15) is 4.79 Å². The van der Waals surface area contributed by atoms with Gasteiger partial charge in [-0.05, 0) is 41.0 Å². The fourth-order valence-electron chi connectivity index (χ4n) is 4.43. The van der Waals surface area contributed by atoms with Gasteiger partial charge in [-0.25, -0.2) is 0 Å². The molecule has 1 N–H and O–H groups in total. The van der Waals surface area contributed by atoms with Gasteiger partial charge in [0, 0.05) is 26.7 Å². The van der Waals surface area contributed by atoms with Crippen LogP contribution in [0.1, 0.15) is 35.0 Å². The summed E-state index contributed by atoms with van der Waals surface area (Å²) in [4.78, 5) is 14.7. The fraction of sp³-hybridized carbons (Fsp3) is 0.345. The predicted molar refractivity (Wildman–Crippen MR) is 156 cm³/mol. The van der Waals surface area contributed by atoms with Crippen molar-refractivity contribution >= 4 is 52.3 Å². The molecule has 39 heavy (non-hydrogen) atoms. The Hall–Kier alpha value is -1.87. The summed E-state index contributed by atoms with van der Waals surface area (Å²) in [6.07, 6.45) is -0.756. The van der Waals surface area contributed by atoms with Crippen molar-refractivity contribution in [1.29, 1.82) is 0 Å². The monoisotopic (exact) mass is 610 g/mol. The van der Waals surface area contributed by atoms with E-state index in [1.54, 1.807) is 30.2 Å². The van der Waals surface area contributed by atoms with Gasteiger partial charge < -0.3 is 24.4 Å². The molecule has 2 fully saturated rings. The molecule has 0 saturated carbocycles. The lowest BCUT2D eigenvalue weighted by Crippen LogP contribution is -2.44. The molecule has 0 spiro atoms. The van der Waals surface area contributed by atoms with Crippen LogP contribution in [0.25, 0.3) is 0 Å². The molecule has 3 aromatic carbocycles. The minimum atomic E-state index is -0.617. The highest BCUT2D eigenvalue weighted by molar-refractivity contribution is 6.42. The molecule has 1 amide bonds. The molecule has 2 heterocycles. The van der Waals surface area contributed by atoms with Gasteiger partial charge in [0.15, 0.2) is 6.10 Å². The zero-order valence-electron chi connectivity index (χ0n) is 21.4. The third-order valence-electron chi connectivity index (χ3n) is 6.50. The number of amides is 1. The fourth-order valence-corrected chi connectivity index (χ4v) is 5.04. The van der Waals surface area contributed by atoms with Crippen molar-refractivity contribution in [3.8, 4) is 0 Å². The van der Waals surface area contributed by atoms with Gasteiger partial charge in [0.05, 0.1) is 46.0 Å². The van der Waals surface area contributed by atoms with Crippen LogP contribution in [0.3, 0.4) is 0 Å². The number of halogens is 4. The van der Waals surface area contributed by atoms with Crippen LogP contribution in [-0.2, 0) is 19.0 Å². The van der Waals surface area contributed by atoms with Crippen LogP contribution in [0.5, 0.6) is 0 Å². The summed E-state index contributed by atoms with van der Waals surface area (Å²) in [5, 5.41) is 5.41. The van der Waals surface area contributed by atoms with Crippen LogP contribution in [0.2, 0.25) is 20.1 Å². The molecule has 2 aliphatic heterocycles. The molecule has 0 aromatic heterocycles. The smallest absolute Gasteiger partial charge is 0.256 e. The lowest BCUT2D eigenvalue weighted by Gasteiger charge is -2.35. The van der Waals surface area contributed by atoms with Crippen LogP contribution < -0.4 is 5.32 Å². The molecule has 5 rings (SSSR count). The number of carbonyl (C=O) groups is 1. The normalized spacial score (nSPS) is 20.1. The zero-order chi connectivity index (χ0) is 27.8. The number of hydrogen-bond donors (Lipinski definition) is 1. The molecular weight excluding hydrogens is 582 g/mol. The highest BCUT2D eigenvalue weighted by Crippen LogP contribution is 2.31. The van der Waals surface area contributed by atoms with E-state index in [1.165, 1.54) is 0 Å². The number of hydrogen-bond acceptors (Lipinski definition) is 5. The number of methoxy groups -OCH3 is 1. The molecule has 0 bridgehead atoms. The van der Waals surface area contributed by atoms with E-state index < -0.39 is 6.10 Å². The summed E-state index contributed by atoms with van der Waals surface area (Å²) in [7, 11) is 1.55. The van der Waals surface area contributed by atoms with Crippen molar-refractivity contribution in [3.63, 3.8) is 0 Å². The van der Waals surface area contributed by atoms with Crippen molar-refractivity contribution in [1.82, 2.24) is 10.2 Å². The summed E-state index contributed by atoms with van der Waals surface area (Å²) in [5.74, 6) is -0.0675. The van der Waals surface area contributed by atoms with E-state index in [-0.39, 0.29) is 18.1 Å². The average molecular weight is 612 g/mol. The Labute approximate surface area is 249 Å². The number of nitrogens with one attached hydrogen (secondary N) is 1. The van der Waals surface area contributed by atoms with E-state index in [0.717, 1.165) is 36.4 Å². The molecule has 3 aromatic rings. The molecule has 2 saturated heterocycles. The summed E-state index contributed by atoms with van der Waals surface area (Å²) >= 11 is 23.8. The summed E-state index contributed by atoms with van der Waals surface area (Å²) in [6.45, 7) is 3.93. The van der Waals surface area contributed by atoms with Gasteiger partial charge >= 0.3 is 0 Å². The molecule has 6 nitrogen and oxygen atoms in total. The zero-order valence-corrected chi connectivity index (χ0v) is 24.4. The Morgan fingerprint density at radius 1 is 0.872 bits per heavy atom. The summed E-state index contributed by atoms with van der Waals surface area (Å²) < 4.78 is 16.9. The molecule has 10 heteroatoms. The van der Waals surface area contributed by atoms with Crippen LogP contribution in [0.4, 0.5) is 0 Å². The molecule has 0 aliphatic carbocycles. The molecule has 2 unspecified atom stereocenters. The van der Waals surface area contributed by atoms with Crippen molar-refractivity contribution in [2.24, 2.45) is 0 Å². The van der Waals surface area contributed by atoms with Crippen molar-refractivity contribution in [2.45, 2.75) is 18.3 Å². The van der Waals surface area contributed by atoms with E-state index >= 15 is 0 Å². The maximum absolute atomic E-state index is 12.9. The Morgan fingerprint density at radius 3 is 2.05 bits per heavy atom. The van der Waals surface area contributed by atoms with Gasteiger partial charge in [-0.3, -0.25) is 4.79 Å². The molecule has 3 atom stereocenters. The summed E-state index contributed by atoms with van der Waals surface area (Å²) in [6, 6.07) is 20.5. The van der Waals surface area contributed by atoms with Gasteiger partial charge in [-0.2, -0.15) is 0 Å². The van der Waals surface area contributed by atoms with E-state index in [4.69, 9.17) is 60.6 Å². The second-order valence-electron chi connectivity index (χ2n) is 9.08. The first-order valence-corrected chi connectivity index (χ1v) is 14.1. The maximum atomic E-state index is 12.9. The van der Waals surface area contributed by atoms with Crippen LogP contribution >= 0.6 is 46.4 Å². The third-order valence-corrected chi connectivity index (χ3v) is 7.98. The number of carbonyl (C=O) groups excluding carboxylic acids is 1. The molecule has 208 valence electrons. The largest absolute Gasteiger partial charge is 0.371 e. The topological polar surface area (TPSA) is 60.0 Å². The van der Waals surface area contributed by atoms with Crippen LogP contribution in [0.15, 0.2) is 66.7 Å². The molecule has 0 radical (unpaired) electrons. The number of benzene rings is 3. The Kier molecular flexibility index (Phi) is 11.3. The lowest BCUT2D eigenvalue weighted by atomic mass is 10.1. The minimum absolute atomic E-state index is 0.0675. The molecule has 2 aliphatic rings. The highest BCUT2D eigenvalue weighted by atomic mass is 35.5. The van der Waals surface area contributed by atoms with Gasteiger partial charge in [0.25, 0.3) is 5.91 Å². The average Bonchev–Trinajstić information content (AvgIpc) is 2.98. The quantitative estimate of drug-likeness (QED) is 0.339. The first-order chi connectivity index (χ1) is 18.9. The standard InChI is InChI=1S/C19H19Cl2NO3.C10H11Cl2NO/c1-24-18(13-5-3-2-4-6-13)19(23)22-9-10-25-17(12-22)14-7-8-15(20)16(21)11-14;11-8-2-1-7(5-9(8)12)10-6-13-3-4-14-10/h2-8,11,17-18H,9-10,12H2,1H3;1-2,5,10,13H,3-4,6H2/t17?,18-;/m1./s1. The second kappa shape index (κ2) is 14.7. The maximum Gasteiger partial charge on any atom is 0.256 e. The predicted octanol–water partition coefficient (Wildman–Crippen LogP) is 6.94. The number of rotatable bonds is 5. The minimum Gasteiger partial charge on any atom is -0.371 e. The van der Waals surface area contributed by atoms with E-state index in [1.807, 2.05) is 48.5 Å². The Bertz CT molecular complexity index is 1240.